The molecule has 0 aliphatic heterocycles. The van der Waals surface area contributed by atoms with Crippen molar-refractivity contribution in [2.75, 3.05) is 5.32 Å². The number of rotatable bonds is 6. The number of aryl methyl sites for hydroxylation is 1. The summed E-state index contributed by atoms with van der Waals surface area (Å²) in [7, 11) is 0. The van der Waals surface area contributed by atoms with Crippen molar-refractivity contribution in [3.63, 3.8) is 0 Å². The Bertz CT molecular complexity index is 897. The van der Waals surface area contributed by atoms with Gasteiger partial charge in [0, 0.05) is 5.56 Å². The Hall–Kier alpha value is -3.29. The summed E-state index contributed by atoms with van der Waals surface area (Å²) in [6, 6.07) is 15.5. The van der Waals surface area contributed by atoms with Crippen LogP contribution in [0.25, 0.3) is 5.69 Å². The number of halogens is 2. The van der Waals surface area contributed by atoms with Crippen molar-refractivity contribution in [3.05, 3.63) is 66.0 Å². The second-order valence-electron chi connectivity index (χ2n) is 5.44. The van der Waals surface area contributed by atoms with Crippen molar-refractivity contribution >= 4 is 11.9 Å². The maximum absolute atomic E-state index is 12.4. The SMILES string of the molecule is Cc1nc(NC(=O)Cc2ccccc2OC(F)F)nn1-c1ccccc1. The quantitative estimate of drug-likeness (QED) is 0.734. The van der Waals surface area contributed by atoms with E-state index in [0.29, 0.717) is 11.4 Å². The van der Waals surface area contributed by atoms with Crippen LogP contribution in [0.1, 0.15) is 11.4 Å². The van der Waals surface area contributed by atoms with Crippen molar-refractivity contribution in [2.45, 2.75) is 20.0 Å². The fourth-order valence-electron chi connectivity index (χ4n) is 2.46. The van der Waals surface area contributed by atoms with Crippen LogP contribution in [0.15, 0.2) is 54.6 Å². The Morgan fingerprint density at radius 3 is 2.58 bits per heavy atom. The Kier molecular flexibility index (Phi) is 5.21. The van der Waals surface area contributed by atoms with Crippen LogP contribution in [-0.4, -0.2) is 27.3 Å². The summed E-state index contributed by atoms with van der Waals surface area (Å²) >= 11 is 0. The number of amides is 1. The van der Waals surface area contributed by atoms with Gasteiger partial charge in [-0.1, -0.05) is 36.4 Å². The van der Waals surface area contributed by atoms with E-state index in [9.17, 15) is 13.6 Å². The Balaban J connectivity index is 1.72. The number of para-hydroxylation sites is 2. The van der Waals surface area contributed by atoms with Gasteiger partial charge in [0.15, 0.2) is 0 Å². The number of hydrogen-bond acceptors (Lipinski definition) is 4. The molecule has 0 atom stereocenters. The molecule has 1 N–H and O–H groups in total. The number of aromatic nitrogens is 3. The van der Waals surface area contributed by atoms with Gasteiger partial charge in [-0.2, -0.15) is 13.8 Å². The van der Waals surface area contributed by atoms with Gasteiger partial charge in [-0.15, -0.1) is 5.10 Å². The third-order valence-corrected chi connectivity index (χ3v) is 3.56. The lowest BCUT2D eigenvalue weighted by atomic mass is 10.1. The summed E-state index contributed by atoms with van der Waals surface area (Å²) in [5, 5.41) is 6.83. The highest BCUT2D eigenvalue weighted by Crippen LogP contribution is 2.21. The first-order chi connectivity index (χ1) is 12.5. The minimum Gasteiger partial charge on any atom is -0.435 e. The minimum atomic E-state index is -2.95. The molecule has 0 fully saturated rings. The standard InChI is InChI=1S/C18H16F2N4O2/c1-12-21-18(23-24(12)14-8-3-2-4-9-14)22-16(25)11-13-7-5-6-10-15(13)26-17(19)20/h2-10,17H,11H2,1H3,(H,22,23,25). The van der Waals surface area contributed by atoms with Crippen molar-refractivity contribution in [3.8, 4) is 11.4 Å². The van der Waals surface area contributed by atoms with Gasteiger partial charge in [-0.3, -0.25) is 10.1 Å². The van der Waals surface area contributed by atoms with Crippen molar-refractivity contribution < 1.29 is 18.3 Å². The largest absolute Gasteiger partial charge is 0.435 e. The first-order valence-electron chi connectivity index (χ1n) is 7.84. The molecule has 0 spiro atoms. The van der Waals surface area contributed by atoms with E-state index in [0.717, 1.165) is 5.69 Å². The average molecular weight is 358 g/mol. The van der Waals surface area contributed by atoms with Crippen molar-refractivity contribution in [1.82, 2.24) is 14.8 Å². The van der Waals surface area contributed by atoms with Crippen LogP contribution in [0, 0.1) is 6.92 Å². The van der Waals surface area contributed by atoms with Crippen LogP contribution in [0.4, 0.5) is 14.7 Å². The molecule has 0 radical (unpaired) electrons. The number of hydrogen-bond donors (Lipinski definition) is 1. The smallest absolute Gasteiger partial charge is 0.387 e. The summed E-state index contributed by atoms with van der Waals surface area (Å²) in [5.74, 6) is 0.286. The highest BCUT2D eigenvalue weighted by molar-refractivity contribution is 5.91. The van der Waals surface area contributed by atoms with Gasteiger partial charge in [-0.25, -0.2) is 4.68 Å². The van der Waals surface area contributed by atoms with Crippen molar-refractivity contribution in [2.24, 2.45) is 0 Å². The minimum absolute atomic E-state index is 0.0309. The maximum Gasteiger partial charge on any atom is 0.387 e. The Morgan fingerprint density at radius 1 is 1.15 bits per heavy atom. The van der Waals surface area contributed by atoms with Crippen molar-refractivity contribution in [1.29, 1.82) is 0 Å². The third-order valence-electron chi connectivity index (χ3n) is 3.56. The topological polar surface area (TPSA) is 69.0 Å². The molecule has 1 heterocycles. The number of ether oxygens (including phenoxy) is 1. The van der Waals surface area contributed by atoms with Gasteiger partial charge in [0.2, 0.25) is 11.9 Å². The van der Waals surface area contributed by atoms with Crippen LogP contribution in [-0.2, 0) is 11.2 Å². The average Bonchev–Trinajstić information content (AvgIpc) is 2.97. The van der Waals surface area contributed by atoms with Gasteiger partial charge < -0.3 is 4.74 Å². The molecule has 1 amide bonds. The lowest BCUT2D eigenvalue weighted by molar-refractivity contribution is -0.115. The molecule has 1 aromatic heterocycles. The molecule has 0 aliphatic rings. The van der Waals surface area contributed by atoms with E-state index in [2.05, 4.69) is 20.1 Å². The fraction of sp³-hybridized carbons (Fsp3) is 0.167. The molecular weight excluding hydrogens is 342 g/mol. The summed E-state index contributed by atoms with van der Waals surface area (Å²) in [6.07, 6.45) is -0.137. The molecule has 0 bridgehead atoms. The number of nitrogens with one attached hydrogen (secondary N) is 1. The third kappa shape index (κ3) is 4.21. The second-order valence-corrected chi connectivity index (χ2v) is 5.44. The van der Waals surface area contributed by atoms with Crippen LogP contribution in [0.5, 0.6) is 5.75 Å². The zero-order valence-electron chi connectivity index (χ0n) is 13.9. The summed E-state index contributed by atoms with van der Waals surface area (Å²) in [6.45, 7) is -1.19. The predicted octanol–water partition coefficient (Wildman–Crippen LogP) is 3.36. The molecule has 0 saturated heterocycles. The van der Waals surface area contributed by atoms with E-state index in [1.807, 2.05) is 30.3 Å². The maximum atomic E-state index is 12.4. The number of carbonyl (C=O) groups excluding carboxylic acids is 1. The Labute approximate surface area is 148 Å². The van der Waals surface area contributed by atoms with Gasteiger partial charge in [-0.05, 0) is 25.1 Å². The number of anilines is 1. The molecule has 8 heteroatoms. The van der Waals surface area contributed by atoms with E-state index < -0.39 is 12.5 Å². The van der Waals surface area contributed by atoms with E-state index in [4.69, 9.17) is 0 Å². The molecule has 3 rings (SSSR count). The molecule has 26 heavy (non-hydrogen) atoms. The first kappa shape index (κ1) is 17.5. The molecule has 0 unspecified atom stereocenters. The Morgan fingerprint density at radius 2 is 1.85 bits per heavy atom. The second kappa shape index (κ2) is 7.73. The summed E-state index contributed by atoms with van der Waals surface area (Å²) < 4.78 is 30.9. The molecular formula is C18H16F2N4O2. The van der Waals surface area contributed by atoms with Gasteiger partial charge in [0.1, 0.15) is 11.6 Å². The van der Waals surface area contributed by atoms with Crippen LogP contribution >= 0.6 is 0 Å². The van der Waals surface area contributed by atoms with E-state index in [-0.39, 0.29) is 18.1 Å². The zero-order chi connectivity index (χ0) is 18.5. The van der Waals surface area contributed by atoms with Crippen LogP contribution < -0.4 is 10.1 Å². The van der Waals surface area contributed by atoms with Gasteiger partial charge in [0.25, 0.3) is 0 Å². The van der Waals surface area contributed by atoms with E-state index in [1.165, 1.54) is 6.07 Å². The predicted molar refractivity (Wildman–Crippen MR) is 91.5 cm³/mol. The molecule has 3 aromatic rings. The molecule has 134 valence electrons. The summed E-state index contributed by atoms with van der Waals surface area (Å²) in [5.41, 5.74) is 1.16. The first-order valence-corrected chi connectivity index (χ1v) is 7.84. The fourth-order valence-corrected chi connectivity index (χ4v) is 2.46. The van der Waals surface area contributed by atoms with Gasteiger partial charge >= 0.3 is 6.61 Å². The highest BCUT2D eigenvalue weighted by atomic mass is 19.3. The number of nitrogens with zero attached hydrogens (tertiary/aromatic N) is 3. The van der Waals surface area contributed by atoms with E-state index >= 15 is 0 Å². The van der Waals surface area contributed by atoms with Crippen LogP contribution in [0.3, 0.4) is 0 Å². The number of benzene rings is 2. The molecule has 2 aromatic carbocycles. The van der Waals surface area contributed by atoms with Gasteiger partial charge in [0.05, 0.1) is 12.1 Å². The molecule has 0 aliphatic carbocycles. The highest BCUT2D eigenvalue weighted by Gasteiger charge is 2.15. The molecule has 0 saturated carbocycles. The van der Waals surface area contributed by atoms with Crippen LogP contribution in [0.2, 0.25) is 0 Å². The lowest BCUT2D eigenvalue weighted by Crippen LogP contribution is -2.16. The van der Waals surface area contributed by atoms with E-state index in [1.54, 1.807) is 29.8 Å². The molecule has 6 nitrogen and oxygen atoms in total. The zero-order valence-corrected chi connectivity index (χ0v) is 13.9. The number of carbonyl (C=O) groups is 1. The normalized spacial score (nSPS) is 10.8. The number of alkyl halides is 2. The lowest BCUT2D eigenvalue weighted by Gasteiger charge is -2.09. The monoisotopic (exact) mass is 358 g/mol. The summed E-state index contributed by atoms with van der Waals surface area (Å²) in [4.78, 5) is 16.4.